The number of piperidine rings is 2. The summed E-state index contributed by atoms with van der Waals surface area (Å²) in [5.74, 6) is 0.156. The molecule has 4 heterocycles. The van der Waals surface area contributed by atoms with Crippen LogP contribution in [0.4, 0.5) is 0 Å². The molecule has 2 aliphatic rings. The zero-order valence-electron chi connectivity index (χ0n) is 17.5. The number of likely N-dealkylation sites (tertiary alicyclic amines) is 2. The van der Waals surface area contributed by atoms with Crippen LogP contribution in [0.15, 0.2) is 36.7 Å². The fourth-order valence-corrected chi connectivity index (χ4v) is 4.50. The van der Waals surface area contributed by atoms with Gasteiger partial charge in [0.2, 0.25) is 5.91 Å². The largest absolute Gasteiger partial charge is 0.350 e. The van der Waals surface area contributed by atoms with E-state index in [9.17, 15) is 9.59 Å². The van der Waals surface area contributed by atoms with Crippen molar-refractivity contribution in [1.29, 1.82) is 0 Å². The van der Waals surface area contributed by atoms with Gasteiger partial charge >= 0.3 is 0 Å². The lowest BCUT2D eigenvalue weighted by atomic mass is 9.93. The highest BCUT2D eigenvalue weighted by atomic mass is 16.2. The number of carbonyl (C=O) groups excluding carboxylic acids is 2. The van der Waals surface area contributed by atoms with Crippen molar-refractivity contribution in [3.63, 3.8) is 0 Å². The maximum atomic E-state index is 12.7. The third-order valence-corrected chi connectivity index (χ3v) is 6.19. The van der Waals surface area contributed by atoms with Crippen molar-refractivity contribution in [3.8, 4) is 0 Å². The van der Waals surface area contributed by atoms with Gasteiger partial charge in [-0.1, -0.05) is 6.07 Å². The van der Waals surface area contributed by atoms with E-state index < -0.39 is 0 Å². The predicted octanol–water partition coefficient (Wildman–Crippen LogP) is 1.45. The van der Waals surface area contributed by atoms with Crippen LogP contribution in [0.2, 0.25) is 0 Å². The van der Waals surface area contributed by atoms with Crippen molar-refractivity contribution in [2.75, 3.05) is 26.2 Å². The van der Waals surface area contributed by atoms with E-state index in [0.29, 0.717) is 18.3 Å². The van der Waals surface area contributed by atoms with Crippen LogP contribution in [0.5, 0.6) is 0 Å². The highest BCUT2D eigenvalue weighted by Gasteiger charge is 2.33. The molecule has 30 heavy (non-hydrogen) atoms. The standard InChI is InChI=1S/C22H30N6O2/c1-26-12-9-20(25-26)22(30)27-13-7-19(8-14-27)28-11-4-5-17(16-28)21(29)24-15-18-6-2-3-10-23-18/h2-3,6,9-10,12,17,19H,4-5,7-8,11,13-16H2,1H3,(H,24,29)/t17-/m1/s1. The Morgan fingerprint density at radius 2 is 1.97 bits per heavy atom. The van der Waals surface area contributed by atoms with Crippen LogP contribution < -0.4 is 5.32 Å². The predicted molar refractivity (Wildman–Crippen MR) is 113 cm³/mol. The Bertz CT molecular complexity index is 860. The molecule has 0 saturated carbocycles. The van der Waals surface area contributed by atoms with E-state index >= 15 is 0 Å². The summed E-state index contributed by atoms with van der Waals surface area (Å²) in [5.41, 5.74) is 1.39. The van der Waals surface area contributed by atoms with Gasteiger partial charge in [0, 0.05) is 45.1 Å². The summed E-state index contributed by atoms with van der Waals surface area (Å²) >= 11 is 0. The number of hydrogen-bond donors (Lipinski definition) is 1. The molecule has 2 fully saturated rings. The monoisotopic (exact) mass is 410 g/mol. The fourth-order valence-electron chi connectivity index (χ4n) is 4.50. The highest BCUT2D eigenvalue weighted by molar-refractivity contribution is 5.92. The Hall–Kier alpha value is -2.74. The molecule has 2 aromatic heterocycles. The molecule has 0 aromatic carbocycles. The smallest absolute Gasteiger partial charge is 0.274 e. The van der Waals surface area contributed by atoms with Crippen LogP contribution in [0, 0.1) is 5.92 Å². The molecular weight excluding hydrogens is 380 g/mol. The summed E-state index contributed by atoms with van der Waals surface area (Å²) in [6.07, 6.45) is 7.40. The lowest BCUT2D eigenvalue weighted by molar-refractivity contribution is -0.127. The minimum atomic E-state index is 0.0134. The maximum Gasteiger partial charge on any atom is 0.274 e. The van der Waals surface area contributed by atoms with E-state index in [0.717, 1.165) is 57.6 Å². The second kappa shape index (κ2) is 9.38. The fraction of sp³-hybridized carbons (Fsp3) is 0.545. The molecule has 2 saturated heterocycles. The number of carbonyl (C=O) groups is 2. The lowest BCUT2D eigenvalue weighted by Gasteiger charge is -2.41. The highest BCUT2D eigenvalue weighted by Crippen LogP contribution is 2.24. The van der Waals surface area contributed by atoms with Crippen molar-refractivity contribution in [3.05, 3.63) is 48.0 Å². The zero-order valence-corrected chi connectivity index (χ0v) is 17.5. The minimum Gasteiger partial charge on any atom is -0.350 e. The van der Waals surface area contributed by atoms with Crippen LogP contribution in [0.3, 0.4) is 0 Å². The summed E-state index contributed by atoms with van der Waals surface area (Å²) in [6, 6.07) is 7.94. The number of pyridine rings is 1. The number of aromatic nitrogens is 3. The molecule has 0 bridgehead atoms. The first-order valence-electron chi connectivity index (χ1n) is 10.8. The number of nitrogens with zero attached hydrogens (tertiary/aromatic N) is 5. The number of hydrogen-bond acceptors (Lipinski definition) is 5. The number of nitrogens with one attached hydrogen (secondary N) is 1. The van der Waals surface area contributed by atoms with Gasteiger partial charge in [-0.2, -0.15) is 5.10 Å². The van der Waals surface area contributed by atoms with Gasteiger partial charge in [-0.15, -0.1) is 0 Å². The van der Waals surface area contributed by atoms with Crippen LogP contribution in [-0.4, -0.2) is 68.6 Å². The average Bonchev–Trinajstić information content (AvgIpc) is 3.24. The van der Waals surface area contributed by atoms with Gasteiger partial charge in [0.15, 0.2) is 0 Å². The van der Waals surface area contributed by atoms with Crippen LogP contribution in [0.25, 0.3) is 0 Å². The first-order chi connectivity index (χ1) is 14.6. The molecule has 8 nitrogen and oxygen atoms in total. The van der Waals surface area contributed by atoms with Gasteiger partial charge < -0.3 is 10.2 Å². The molecular formula is C22H30N6O2. The summed E-state index contributed by atoms with van der Waals surface area (Å²) in [6.45, 7) is 3.79. The van der Waals surface area contributed by atoms with E-state index in [1.165, 1.54) is 0 Å². The Labute approximate surface area is 177 Å². The third kappa shape index (κ3) is 4.87. The summed E-state index contributed by atoms with van der Waals surface area (Å²) < 4.78 is 1.66. The van der Waals surface area contributed by atoms with Gasteiger partial charge in [-0.3, -0.25) is 24.2 Å². The summed E-state index contributed by atoms with van der Waals surface area (Å²) in [7, 11) is 1.82. The quantitative estimate of drug-likeness (QED) is 0.807. The molecule has 2 aliphatic heterocycles. The second-order valence-electron chi connectivity index (χ2n) is 8.27. The molecule has 0 aliphatic carbocycles. The topological polar surface area (TPSA) is 83.4 Å². The van der Waals surface area contributed by atoms with E-state index in [4.69, 9.17) is 0 Å². The Morgan fingerprint density at radius 3 is 2.67 bits per heavy atom. The SMILES string of the molecule is Cn1ccc(C(=O)N2CCC(N3CCC[C@@H](C(=O)NCc4ccccn4)C3)CC2)n1. The second-order valence-corrected chi connectivity index (χ2v) is 8.27. The van der Waals surface area contributed by atoms with Crippen molar-refractivity contribution < 1.29 is 9.59 Å². The Kier molecular flexibility index (Phi) is 6.42. The molecule has 2 amide bonds. The third-order valence-electron chi connectivity index (χ3n) is 6.19. The molecule has 0 spiro atoms. The van der Waals surface area contributed by atoms with Crippen molar-refractivity contribution in [2.45, 2.75) is 38.3 Å². The molecule has 160 valence electrons. The molecule has 8 heteroatoms. The van der Waals surface area contributed by atoms with E-state index in [1.54, 1.807) is 23.1 Å². The van der Waals surface area contributed by atoms with Crippen LogP contribution in [-0.2, 0) is 18.4 Å². The summed E-state index contributed by atoms with van der Waals surface area (Å²) in [4.78, 5) is 33.9. The summed E-state index contributed by atoms with van der Waals surface area (Å²) in [5, 5.41) is 7.27. The van der Waals surface area contributed by atoms with Gasteiger partial charge in [0.05, 0.1) is 18.2 Å². The molecule has 0 unspecified atom stereocenters. The molecule has 1 atom stereocenters. The van der Waals surface area contributed by atoms with Crippen molar-refractivity contribution >= 4 is 11.8 Å². The van der Waals surface area contributed by atoms with Crippen LogP contribution >= 0.6 is 0 Å². The Balaban J connectivity index is 1.26. The zero-order chi connectivity index (χ0) is 20.9. The van der Waals surface area contributed by atoms with Crippen LogP contribution in [0.1, 0.15) is 41.9 Å². The van der Waals surface area contributed by atoms with E-state index in [1.807, 2.05) is 30.1 Å². The number of aryl methyl sites for hydroxylation is 1. The first kappa shape index (κ1) is 20.5. The molecule has 1 N–H and O–H groups in total. The van der Waals surface area contributed by atoms with Gasteiger partial charge in [0.25, 0.3) is 5.91 Å². The van der Waals surface area contributed by atoms with Crippen molar-refractivity contribution in [1.82, 2.24) is 29.9 Å². The molecule has 4 rings (SSSR count). The number of amides is 2. The van der Waals surface area contributed by atoms with Crippen molar-refractivity contribution in [2.24, 2.45) is 13.0 Å². The molecule has 2 aromatic rings. The Morgan fingerprint density at radius 1 is 1.13 bits per heavy atom. The maximum absolute atomic E-state index is 12.7. The van der Waals surface area contributed by atoms with E-state index in [2.05, 4.69) is 20.3 Å². The van der Waals surface area contributed by atoms with Gasteiger partial charge in [-0.25, -0.2) is 0 Å². The van der Waals surface area contributed by atoms with E-state index in [-0.39, 0.29) is 17.7 Å². The van der Waals surface area contributed by atoms with Gasteiger partial charge in [-0.05, 0) is 50.4 Å². The lowest BCUT2D eigenvalue weighted by Crippen LogP contribution is -2.51. The number of rotatable bonds is 5. The van der Waals surface area contributed by atoms with Gasteiger partial charge in [0.1, 0.15) is 5.69 Å². The first-order valence-corrected chi connectivity index (χ1v) is 10.8. The normalized spacial score (nSPS) is 20.8. The minimum absolute atomic E-state index is 0.0134. The molecule has 0 radical (unpaired) electrons. The average molecular weight is 411 g/mol.